The van der Waals surface area contributed by atoms with Crippen molar-refractivity contribution < 1.29 is 19.0 Å². The molecule has 0 aliphatic rings. The first-order valence-corrected chi connectivity index (χ1v) is 8.87. The number of nitrogens with zero attached hydrogens (tertiary/aromatic N) is 1. The number of aliphatic hydroxyl groups is 1. The highest BCUT2D eigenvalue weighted by Gasteiger charge is 2.14. The molecule has 0 radical (unpaired) electrons. The molecule has 1 atom stereocenters. The first-order valence-electron chi connectivity index (χ1n) is 8.87. The van der Waals surface area contributed by atoms with Crippen molar-refractivity contribution in [3.8, 4) is 17.0 Å². The number of rotatable bonds is 6. The summed E-state index contributed by atoms with van der Waals surface area (Å²) in [6, 6.07) is 9.51. The quantitative estimate of drug-likeness (QED) is 0.568. The molecule has 1 unspecified atom stereocenters. The van der Waals surface area contributed by atoms with Gasteiger partial charge in [0.25, 0.3) is 0 Å². The minimum atomic E-state index is -0.938. The molecule has 0 saturated heterocycles. The van der Waals surface area contributed by atoms with Crippen molar-refractivity contribution in [3.63, 3.8) is 0 Å². The Bertz CT molecular complexity index is 983. The van der Waals surface area contributed by atoms with Crippen LogP contribution in [-0.2, 0) is 0 Å². The highest BCUT2D eigenvalue weighted by Crippen LogP contribution is 2.29. The van der Waals surface area contributed by atoms with Crippen LogP contribution in [0.25, 0.3) is 28.1 Å². The number of allylic oxidation sites excluding steroid dienone is 1. The second-order valence-corrected chi connectivity index (χ2v) is 6.61. The maximum Gasteiger partial charge on any atom is 0.168 e. The van der Waals surface area contributed by atoms with Crippen LogP contribution in [0.5, 0.6) is 5.75 Å². The fraction of sp³-hybridized carbons (Fsp3) is 0.227. The summed E-state index contributed by atoms with van der Waals surface area (Å²) >= 11 is 0. The number of unbranched alkanes of at least 4 members (excludes halogenated alkanes) is 1. The molecule has 3 aromatic rings. The molecule has 140 valence electrons. The number of aromatic nitrogens is 1. The van der Waals surface area contributed by atoms with Gasteiger partial charge < -0.3 is 10.2 Å². The van der Waals surface area contributed by atoms with Crippen molar-refractivity contribution in [2.45, 2.75) is 32.3 Å². The lowest BCUT2D eigenvalue weighted by atomic mass is 10.0. The van der Waals surface area contributed by atoms with Crippen LogP contribution >= 0.6 is 0 Å². The van der Waals surface area contributed by atoms with Crippen molar-refractivity contribution in [1.29, 1.82) is 0 Å². The minimum absolute atomic E-state index is 0.0914. The summed E-state index contributed by atoms with van der Waals surface area (Å²) in [4.78, 5) is 4.19. The lowest BCUT2D eigenvalue weighted by molar-refractivity contribution is 0.182. The van der Waals surface area contributed by atoms with E-state index in [-0.39, 0.29) is 23.0 Å². The molecule has 5 heteroatoms. The molecule has 0 spiro atoms. The normalized spacial score (nSPS) is 12.7. The third-order valence-electron chi connectivity index (χ3n) is 4.38. The topological polar surface area (TPSA) is 53.4 Å². The van der Waals surface area contributed by atoms with Crippen molar-refractivity contribution in [1.82, 2.24) is 4.98 Å². The summed E-state index contributed by atoms with van der Waals surface area (Å²) in [5, 5.41) is 20.2. The Morgan fingerprint density at radius 2 is 1.89 bits per heavy atom. The number of phenols is 1. The van der Waals surface area contributed by atoms with Crippen LogP contribution in [0.15, 0.2) is 48.7 Å². The smallest absolute Gasteiger partial charge is 0.168 e. The Morgan fingerprint density at radius 3 is 2.67 bits per heavy atom. The Balaban J connectivity index is 1.84. The average Bonchev–Trinajstić information content (AvgIpc) is 2.64. The molecule has 2 N–H and O–H groups in total. The van der Waals surface area contributed by atoms with Gasteiger partial charge in [-0.15, -0.1) is 0 Å². The third-order valence-corrected chi connectivity index (χ3v) is 4.38. The van der Waals surface area contributed by atoms with Gasteiger partial charge in [0.2, 0.25) is 0 Å². The van der Waals surface area contributed by atoms with E-state index in [1.54, 1.807) is 37.3 Å². The largest absolute Gasteiger partial charge is 0.508 e. The van der Waals surface area contributed by atoms with Gasteiger partial charge in [0.1, 0.15) is 5.75 Å². The molecule has 0 bridgehead atoms. The number of halogens is 2. The fourth-order valence-electron chi connectivity index (χ4n) is 2.91. The van der Waals surface area contributed by atoms with Crippen molar-refractivity contribution in [2.75, 3.05) is 0 Å². The van der Waals surface area contributed by atoms with Gasteiger partial charge in [-0.2, -0.15) is 0 Å². The molecule has 0 aliphatic carbocycles. The van der Waals surface area contributed by atoms with Gasteiger partial charge in [-0.25, -0.2) is 8.78 Å². The van der Waals surface area contributed by atoms with E-state index >= 15 is 0 Å². The van der Waals surface area contributed by atoms with Gasteiger partial charge in [0.15, 0.2) is 11.6 Å². The lowest BCUT2D eigenvalue weighted by Crippen LogP contribution is -1.97. The molecule has 2 aromatic carbocycles. The zero-order valence-corrected chi connectivity index (χ0v) is 15.0. The van der Waals surface area contributed by atoms with E-state index < -0.39 is 11.6 Å². The molecule has 3 rings (SSSR count). The van der Waals surface area contributed by atoms with Crippen LogP contribution in [-0.4, -0.2) is 21.3 Å². The summed E-state index contributed by atoms with van der Waals surface area (Å²) < 4.78 is 29.0. The molecule has 27 heavy (non-hydrogen) atoms. The number of hydrogen-bond donors (Lipinski definition) is 2. The Hall–Kier alpha value is -2.79. The number of hydrogen-bond acceptors (Lipinski definition) is 3. The van der Waals surface area contributed by atoms with Gasteiger partial charge in [-0.1, -0.05) is 24.3 Å². The number of fused-ring (bicyclic) bond motifs is 1. The van der Waals surface area contributed by atoms with Crippen LogP contribution < -0.4 is 0 Å². The van der Waals surface area contributed by atoms with Crippen LogP contribution in [0.1, 0.15) is 31.7 Å². The molecule has 1 heterocycles. The second-order valence-electron chi connectivity index (χ2n) is 6.61. The lowest BCUT2D eigenvalue weighted by Gasteiger charge is -2.07. The highest BCUT2D eigenvalue weighted by atomic mass is 19.2. The second kappa shape index (κ2) is 8.27. The van der Waals surface area contributed by atoms with E-state index in [1.807, 2.05) is 0 Å². The maximum absolute atomic E-state index is 14.6. The van der Waals surface area contributed by atoms with Crippen molar-refractivity contribution >= 4 is 16.8 Å². The molecule has 0 fully saturated rings. The van der Waals surface area contributed by atoms with Crippen LogP contribution in [0.3, 0.4) is 0 Å². The number of aromatic hydroxyl groups is 1. The number of benzene rings is 2. The summed E-state index contributed by atoms with van der Waals surface area (Å²) in [6.07, 6.45) is 6.65. The van der Waals surface area contributed by atoms with Crippen molar-refractivity contribution in [2.24, 2.45) is 0 Å². The summed E-state index contributed by atoms with van der Waals surface area (Å²) in [5.74, 6) is -1.72. The summed E-state index contributed by atoms with van der Waals surface area (Å²) in [6.45, 7) is 1.72. The van der Waals surface area contributed by atoms with E-state index in [9.17, 15) is 19.0 Å². The first kappa shape index (κ1) is 19.0. The SMILES string of the molecule is CC(O)CCCC=Cc1ccc(-c2cc3ccc(O)cc3cn2)c(F)c1F. The molecule has 0 saturated carbocycles. The van der Waals surface area contributed by atoms with E-state index in [4.69, 9.17) is 0 Å². The Morgan fingerprint density at radius 1 is 1.07 bits per heavy atom. The number of aliphatic hydroxyl groups excluding tert-OH is 1. The molecule has 3 nitrogen and oxygen atoms in total. The minimum Gasteiger partial charge on any atom is -0.508 e. The Labute approximate surface area is 156 Å². The summed E-state index contributed by atoms with van der Waals surface area (Å²) in [7, 11) is 0. The van der Waals surface area contributed by atoms with Crippen LogP contribution in [0.4, 0.5) is 8.78 Å². The molecular formula is C22H21F2NO2. The molecular weight excluding hydrogens is 348 g/mol. The maximum atomic E-state index is 14.6. The van der Waals surface area contributed by atoms with Gasteiger partial charge >= 0.3 is 0 Å². The highest BCUT2D eigenvalue weighted by molar-refractivity contribution is 5.86. The first-order chi connectivity index (χ1) is 13.0. The fourth-order valence-corrected chi connectivity index (χ4v) is 2.91. The van der Waals surface area contributed by atoms with E-state index in [2.05, 4.69) is 4.98 Å². The van der Waals surface area contributed by atoms with Gasteiger partial charge in [-0.3, -0.25) is 4.98 Å². The number of phenolic OH excluding ortho intramolecular Hbond substituents is 1. The zero-order chi connectivity index (χ0) is 19.4. The van der Waals surface area contributed by atoms with E-state index in [0.717, 1.165) is 17.2 Å². The summed E-state index contributed by atoms with van der Waals surface area (Å²) in [5.41, 5.74) is 0.602. The predicted octanol–water partition coefficient (Wildman–Crippen LogP) is 5.45. The average molecular weight is 369 g/mol. The molecule has 0 amide bonds. The molecule has 0 aliphatic heterocycles. The standard InChI is InChI=1S/C22H21F2NO2/c1-14(26)5-3-2-4-6-15-8-10-19(22(24)21(15)23)20-12-16-7-9-18(27)11-17(16)13-25-20/h4,6-14,26-27H,2-3,5H2,1H3. The third kappa shape index (κ3) is 4.49. The van der Waals surface area contributed by atoms with Gasteiger partial charge in [0, 0.05) is 22.7 Å². The number of pyridine rings is 1. The van der Waals surface area contributed by atoms with Crippen LogP contribution in [0.2, 0.25) is 0 Å². The zero-order valence-electron chi connectivity index (χ0n) is 15.0. The molecule has 1 aromatic heterocycles. The van der Waals surface area contributed by atoms with E-state index in [1.165, 1.54) is 24.4 Å². The monoisotopic (exact) mass is 369 g/mol. The van der Waals surface area contributed by atoms with Gasteiger partial charge in [-0.05, 0) is 55.8 Å². The van der Waals surface area contributed by atoms with Crippen LogP contribution in [0, 0.1) is 11.6 Å². The Kier molecular flexibility index (Phi) is 5.81. The van der Waals surface area contributed by atoms with Gasteiger partial charge in [0.05, 0.1) is 11.8 Å². The van der Waals surface area contributed by atoms with E-state index in [0.29, 0.717) is 18.5 Å². The van der Waals surface area contributed by atoms with Crippen molar-refractivity contribution in [3.05, 3.63) is 65.9 Å². The predicted molar refractivity (Wildman–Crippen MR) is 103 cm³/mol.